The molecule has 0 spiro atoms. The van der Waals surface area contributed by atoms with Crippen LogP contribution in [0.5, 0.6) is 5.75 Å². The summed E-state index contributed by atoms with van der Waals surface area (Å²) in [5.74, 6) is -0.223. The molecule has 8 nitrogen and oxygen atoms in total. The molecule has 0 bridgehead atoms. The van der Waals surface area contributed by atoms with Crippen LogP contribution in [-0.4, -0.2) is 55.0 Å². The summed E-state index contributed by atoms with van der Waals surface area (Å²) < 4.78 is 5.46. The number of piperidine rings is 1. The molecular weight excluding hydrogens is 502 g/mol. The van der Waals surface area contributed by atoms with Crippen molar-refractivity contribution < 1.29 is 14.3 Å². The van der Waals surface area contributed by atoms with E-state index < -0.39 is 5.91 Å². The van der Waals surface area contributed by atoms with E-state index in [1.54, 1.807) is 18.3 Å². The third-order valence-corrected chi connectivity index (χ3v) is 7.38. The molecule has 0 aliphatic carbocycles. The Morgan fingerprint density at radius 1 is 1.07 bits per heavy atom. The minimum atomic E-state index is -0.392. The van der Waals surface area contributed by atoms with Gasteiger partial charge in [0.05, 0.1) is 30.1 Å². The molecule has 3 aromatic rings. The van der Waals surface area contributed by atoms with Gasteiger partial charge in [-0.15, -0.1) is 0 Å². The van der Waals surface area contributed by atoms with Crippen LogP contribution in [-0.2, 0) is 5.41 Å². The molecule has 2 aromatic carbocycles. The first-order valence-corrected chi connectivity index (χ1v) is 13.5. The fourth-order valence-electron chi connectivity index (χ4n) is 4.85. The van der Waals surface area contributed by atoms with Crippen LogP contribution >= 0.6 is 0 Å². The zero-order chi connectivity index (χ0) is 29.0. The van der Waals surface area contributed by atoms with Crippen molar-refractivity contribution in [2.45, 2.75) is 52.0 Å². The number of ether oxygens (including phenoxy) is 1. The number of carbonyl (C=O) groups excluding carboxylic acids is 2. The Balaban J connectivity index is 1.54. The normalized spacial score (nSPS) is 14.3. The third kappa shape index (κ3) is 6.49. The van der Waals surface area contributed by atoms with Crippen molar-refractivity contribution in [3.8, 4) is 22.9 Å². The van der Waals surface area contributed by atoms with E-state index in [0.717, 1.165) is 48.3 Å². The molecule has 2 N–H and O–H groups in total. The van der Waals surface area contributed by atoms with E-state index in [4.69, 9.17) is 4.74 Å². The lowest BCUT2D eigenvalue weighted by Crippen LogP contribution is -2.43. The van der Waals surface area contributed by atoms with Crippen LogP contribution in [0, 0.1) is 18.3 Å². The molecule has 1 aliphatic heterocycles. The number of nitriles is 1. The Morgan fingerprint density at radius 2 is 1.75 bits per heavy atom. The second-order valence-electron chi connectivity index (χ2n) is 11.4. The van der Waals surface area contributed by atoms with Crippen molar-refractivity contribution in [3.05, 3.63) is 76.6 Å². The Kier molecular flexibility index (Phi) is 8.55. The van der Waals surface area contributed by atoms with Gasteiger partial charge in [0, 0.05) is 22.9 Å². The summed E-state index contributed by atoms with van der Waals surface area (Å²) in [6, 6.07) is 15.2. The van der Waals surface area contributed by atoms with Crippen molar-refractivity contribution in [2.75, 3.05) is 32.6 Å². The maximum absolute atomic E-state index is 13.4. The molecule has 2 heterocycles. The van der Waals surface area contributed by atoms with Gasteiger partial charge in [0.1, 0.15) is 11.8 Å². The lowest BCUT2D eigenvalue weighted by molar-refractivity contribution is 0.0916. The number of carbonyl (C=O) groups is 2. The number of anilines is 1. The summed E-state index contributed by atoms with van der Waals surface area (Å²) in [6.45, 7) is 9.94. The second-order valence-corrected chi connectivity index (χ2v) is 11.4. The Morgan fingerprint density at radius 3 is 2.35 bits per heavy atom. The number of aryl methyl sites for hydroxylation is 1. The maximum Gasteiger partial charge on any atom is 0.259 e. The summed E-state index contributed by atoms with van der Waals surface area (Å²) in [4.78, 5) is 33.0. The van der Waals surface area contributed by atoms with Crippen LogP contribution in [0.4, 0.5) is 5.69 Å². The van der Waals surface area contributed by atoms with Crippen molar-refractivity contribution in [3.63, 3.8) is 0 Å². The highest BCUT2D eigenvalue weighted by atomic mass is 16.5. The average molecular weight is 540 g/mol. The molecule has 1 aromatic heterocycles. The number of rotatable bonds is 6. The van der Waals surface area contributed by atoms with Gasteiger partial charge in [0.25, 0.3) is 11.8 Å². The van der Waals surface area contributed by atoms with E-state index in [0.29, 0.717) is 16.8 Å². The van der Waals surface area contributed by atoms with Crippen molar-refractivity contribution >= 4 is 17.5 Å². The van der Waals surface area contributed by atoms with Gasteiger partial charge >= 0.3 is 0 Å². The SMILES string of the molecule is COc1c(C#N)cc(C(C)(C)C)cc1C(=O)Nc1cnc(C)c(-c2ccc(C(=O)NC3CCN(C)CC3)cc2)c1. The van der Waals surface area contributed by atoms with Gasteiger partial charge < -0.3 is 20.3 Å². The number of amides is 2. The van der Waals surface area contributed by atoms with Gasteiger partial charge in [0.15, 0.2) is 0 Å². The molecule has 0 saturated carbocycles. The molecule has 0 atom stereocenters. The van der Waals surface area contributed by atoms with Crippen molar-refractivity contribution in [1.82, 2.24) is 15.2 Å². The van der Waals surface area contributed by atoms with Crippen molar-refractivity contribution in [2.24, 2.45) is 0 Å². The zero-order valence-electron chi connectivity index (χ0n) is 24.1. The van der Waals surface area contributed by atoms with E-state index in [1.807, 2.05) is 58.0 Å². The first kappa shape index (κ1) is 28.8. The van der Waals surface area contributed by atoms with Gasteiger partial charge in [-0.05, 0) is 86.8 Å². The zero-order valence-corrected chi connectivity index (χ0v) is 24.1. The molecule has 1 aliphatic rings. The monoisotopic (exact) mass is 539 g/mol. The first-order chi connectivity index (χ1) is 19.0. The Labute approximate surface area is 236 Å². The number of pyridine rings is 1. The Hall–Kier alpha value is -4.22. The number of benzene rings is 2. The highest BCUT2D eigenvalue weighted by molar-refractivity contribution is 6.07. The van der Waals surface area contributed by atoms with E-state index >= 15 is 0 Å². The van der Waals surface area contributed by atoms with Gasteiger partial charge in [-0.3, -0.25) is 14.6 Å². The number of methoxy groups -OCH3 is 1. The molecule has 40 heavy (non-hydrogen) atoms. The molecule has 4 rings (SSSR count). The third-order valence-electron chi connectivity index (χ3n) is 7.38. The number of likely N-dealkylation sites (tertiary alicyclic amines) is 1. The predicted octanol–water partition coefficient (Wildman–Crippen LogP) is 5.31. The minimum Gasteiger partial charge on any atom is -0.495 e. The van der Waals surface area contributed by atoms with Crippen LogP contribution in [0.25, 0.3) is 11.1 Å². The second kappa shape index (κ2) is 11.9. The summed E-state index contributed by atoms with van der Waals surface area (Å²) in [5, 5.41) is 15.7. The average Bonchev–Trinajstić information content (AvgIpc) is 2.94. The fourth-order valence-corrected chi connectivity index (χ4v) is 4.85. The van der Waals surface area contributed by atoms with Crippen LogP contribution in [0.1, 0.15) is 71.1 Å². The number of aromatic nitrogens is 1. The van der Waals surface area contributed by atoms with E-state index in [1.165, 1.54) is 7.11 Å². The summed E-state index contributed by atoms with van der Waals surface area (Å²) in [6.07, 6.45) is 3.51. The smallest absolute Gasteiger partial charge is 0.259 e. The number of hydrogen-bond acceptors (Lipinski definition) is 6. The van der Waals surface area contributed by atoms with E-state index in [9.17, 15) is 14.9 Å². The summed E-state index contributed by atoms with van der Waals surface area (Å²) in [5.41, 5.74) is 4.83. The molecule has 8 heteroatoms. The standard InChI is InChI=1S/C32H37N5O3/c1-20-27(21-7-9-22(10-8-21)30(38)35-25-11-13-37(5)14-12-25)17-26(19-34-20)36-31(39)28-16-24(32(2,3)4)15-23(18-33)29(28)40-6/h7-10,15-17,19,25H,11-14H2,1-6H3,(H,35,38)(H,36,39). The van der Waals surface area contributed by atoms with E-state index in [-0.39, 0.29) is 28.7 Å². The Bertz CT molecular complexity index is 1440. The quantitative estimate of drug-likeness (QED) is 0.440. The first-order valence-electron chi connectivity index (χ1n) is 13.5. The van der Waals surface area contributed by atoms with Gasteiger partial charge in [-0.25, -0.2) is 0 Å². The largest absolute Gasteiger partial charge is 0.495 e. The highest BCUT2D eigenvalue weighted by Crippen LogP contribution is 2.32. The molecule has 208 valence electrons. The molecule has 0 radical (unpaired) electrons. The van der Waals surface area contributed by atoms with E-state index in [2.05, 4.69) is 33.6 Å². The van der Waals surface area contributed by atoms with Crippen LogP contribution < -0.4 is 15.4 Å². The van der Waals surface area contributed by atoms with Gasteiger partial charge in [-0.2, -0.15) is 5.26 Å². The molecule has 2 amide bonds. The maximum atomic E-state index is 13.4. The lowest BCUT2D eigenvalue weighted by atomic mass is 9.84. The molecular formula is C32H37N5O3. The van der Waals surface area contributed by atoms with Crippen molar-refractivity contribution in [1.29, 1.82) is 5.26 Å². The van der Waals surface area contributed by atoms with Gasteiger partial charge in [0.2, 0.25) is 0 Å². The van der Waals surface area contributed by atoms with Gasteiger partial charge in [-0.1, -0.05) is 32.9 Å². The minimum absolute atomic E-state index is 0.0693. The predicted molar refractivity (Wildman–Crippen MR) is 157 cm³/mol. The molecule has 1 saturated heterocycles. The fraction of sp³-hybridized carbons (Fsp3) is 0.375. The molecule has 0 unspecified atom stereocenters. The topological polar surface area (TPSA) is 107 Å². The highest BCUT2D eigenvalue weighted by Gasteiger charge is 2.24. The lowest BCUT2D eigenvalue weighted by Gasteiger charge is -2.29. The van der Waals surface area contributed by atoms with Crippen LogP contribution in [0.15, 0.2) is 48.7 Å². The number of nitrogens with one attached hydrogen (secondary N) is 2. The summed E-state index contributed by atoms with van der Waals surface area (Å²) >= 11 is 0. The summed E-state index contributed by atoms with van der Waals surface area (Å²) in [7, 11) is 3.55. The number of hydrogen-bond donors (Lipinski definition) is 2. The van der Waals surface area contributed by atoms with Crippen LogP contribution in [0.2, 0.25) is 0 Å². The molecule has 1 fully saturated rings. The van der Waals surface area contributed by atoms with Crippen LogP contribution in [0.3, 0.4) is 0 Å². The number of nitrogens with zero attached hydrogens (tertiary/aromatic N) is 3.